The zero-order chi connectivity index (χ0) is 10.7. The second kappa shape index (κ2) is 4.97. The molecule has 1 aromatic rings. The molecule has 3 atom stereocenters. The van der Waals surface area contributed by atoms with Crippen molar-refractivity contribution in [1.29, 1.82) is 0 Å². The fourth-order valence-corrected chi connectivity index (χ4v) is 1.89. The Morgan fingerprint density at radius 3 is 2.73 bits per heavy atom. The molecule has 0 aromatic heterocycles. The van der Waals surface area contributed by atoms with Crippen LogP contribution in [0, 0.1) is 0 Å². The fourth-order valence-electron chi connectivity index (χ4n) is 1.73. The van der Waals surface area contributed by atoms with Crippen LogP contribution in [0.5, 0.6) is 0 Å². The fraction of sp³-hybridized carbons (Fsp3) is 0.500. The summed E-state index contributed by atoms with van der Waals surface area (Å²) in [6.45, 7) is 2.71. The Balaban J connectivity index is 2.00. The summed E-state index contributed by atoms with van der Waals surface area (Å²) in [6, 6.07) is 10.2. The molecule has 0 amide bonds. The van der Waals surface area contributed by atoms with Crippen LogP contribution in [0.25, 0.3) is 0 Å². The first kappa shape index (κ1) is 10.9. The summed E-state index contributed by atoms with van der Waals surface area (Å²) >= 11 is 5.72. The highest BCUT2D eigenvalue weighted by molar-refractivity contribution is 6.18. The zero-order valence-corrected chi connectivity index (χ0v) is 9.48. The quantitative estimate of drug-likeness (QED) is 0.738. The van der Waals surface area contributed by atoms with Crippen molar-refractivity contribution in [3.05, 3.63) is 35.9 Å². The molecule has 2 rings (SSSR count). The maximum Gasteiger partial charge on any atom is 0.164 e. The second-order valence-corrected chi connectivity index (χ2v) is 4.12. The van der Waals surface area contributed by atoms with E-state index in [4.69, 9.17) is 21.1 Å². The first-order chi connectivity index (χ1) is 7.31. The highest BCUT2D eigenvalue weighted by atomic mass is 35.5. The summed E-state index contributed by atoms with van der Waals surface area (Å²) < 4.78 is 11.2. The van der Waals surface area contributed by atoms with Gasteiger partial charge >= 0.3 is 0 Å². The summed E-state index contributed by atoms with van der Waals surface area (Å²) in [5, 5.41) is 0. The van der Waals surface area contributed by atoms with Crippen molar-refractivity contribution in [2.24, 2.45) is 0 Å². The van der Waals surface area contributed by atoms with E-state index in [0.717, 1.165) is 0 Å². The van der Waals surface area contributed by atoms with Gasteiger partial charge in [0.15, 0.2) is 6.29 Å². The van der Waals surface area contributed by atoms with Gasteiger partial charge in [-0.1, -0.05) is 37.3 Å². The van der Waals surface area contributed by atoms with Gasteiger partial charge in [0.1, 0.15) is 0 Å². The molecule has 1 fully saturated rings. The standard InChI is InChI=1S/C12H15ClO2/c1-9(10-5-3-2-4-6-10)12-14-8-11(7-13)15-12/h2-6,9,11-12H,7-8H2,1H3/t9-,11+,12-/m1/s1. The maximum absolute atomic E-state index is 5.72. The van der Waals surface area contributed by atoms with Crippen LogP contribution in [0.1, 0.15) is 18.4 Å². The minimum atomic E-state index is -0.156. The largest absolute Gasteiger partial charge is 0.349 e. The van der Waals surface area contributed by atoms with Gasteiger partial charge in [0.05, 0.1) is 18.6 Å². The maximum atomic E-state index is 5.72. The average molecular weight is 227 g/mol. The van der Waals surface area contributed by atoms with Gasteiger partial charge in [-0.05, 0) is 5.56 Å². The van der Waals surface area contributed by atoms with E-state index in [1.807, 2.05) is 18.2 Å². The van der Waals surface area contributed by atoms with Crippen LogP contribution in [0.3, 0.4) is 0 Å². The molecule has 0 bridgehead atoms. The Bertz CT molecular complexity index is 302. The van der Waals surface area contributed by atoms with E-state index in [1.54, 1.807) is 0 Å². The monoisotopic (exact) mass is 226 g/mol. The molecule has 0 aliphatic carbocycles. The van der Waals surface area contributed by atoms with Crippen molar-refractivity contribution in [2.75, 3.05) is 12.5 Å². The highest BCUT2D eigenvalue weighted by Gasteiger charge is 2.30. The van der Waals surface area contributed by atoms with Crippen molar-refractivity contribution < 1.29 is 9.47 Å². The third kappa shape index (κ3) is 2.51. The van der Waals surface area contributed by atoms with Crippen LogP contribution in [0.2, 0.25) is 0 Å². The van der Waals surface area contributed by atoms with E-state index >= 15 is 0 Å². The molecular weight excluding hydrogens is 212 g/mol. The predicted octanol–water partition coefficient (Wildman–Crippen LogP) is 2.77. The Morgan fingerprint density at radius 1 is 1.40 bits per heavy atom. The Hall–Kier alpha value is -0.570. The normalized spacial score (nSPS) is 27.9. The summed E-state index contributed by atoms with van der Waals surface area (Å²) in [7, 11) is 0. The Morgan fingerprint density at radius 2 is 2.13 bits per heavy atom. The molecule has 0 saturated carbocycles. The van der Waals surface area contributed by atoms with Gasteiger partial charge in [0.25, 0.3) is 0 Å². The molecule has 0 N–H and O–H groups in total. The molecule has 1 aliphatic heterocycles. The number of hydrogen-bond acceptors (Lipinski definition) is 2. The molecule has 1 saturated heterocycles. The zero-order valence-electron chi connectivity index (χ0n) is 8.73. The lowest BCUT2D eigenvalue weighted by atomic mass is 10.0. The van der Waals surface area contributed by atoms with Crippen LogP contribution in [-0.4, -0.2) is 24.9 Å². The van der Waals surface area contributed by atoms with Crippen LogP contribution in [-0.2, 0) is 9.47 Å². The topological polar surface area (TPSA) is 18.5 Å². The molecule has 2 nitrogen and oxygen atoms in total. The van der Waals surface area contributed by atoms with Crippen molar-refractivity contribution >= 4 is 11.6 Å². The number of hydrogen-bond donors (Lipinski definition) is 0. The van der Waals surface area contributed by atoms with Gasteiger partial charge in [0.2, 0.25) is 0 Å². The van der Waals surface area contributed by atoms with Gasteiger partial charge in [0, 0.05) is 5.92 Å². The summed E-state index contributed by atoms with van der Waals surface area (Å²) in [4.78, 5) is 0. The smallest absolute Gasteiger partial charge is 0.164 e. The van der Waals surface area contributed by atoms with Gasteiger partial charge in [-0.25, -0.2) is 0 Å². The third-order valence-electron chi connectivity index (χ3n) is 2.68. The van der Waals surface area contributed by atoms with Crippen molar-refractivity contribution in [2.45, 2.75) is 25.2 Å². The number of rotatable bonds is 3. The highest BCUT2D eigenvalue weighted by Crippen LogP contribution is 2.27. The Labute approximate surface area is 95.1 Å². The molecule has 0 spiro atoms. The van der Waals surface area contributed by atoms with E-state index in [9.17, 15) is 0 Å². The summed E-state index contributed by atoms with van der Waals surface area (Å²) in [5.41, 5.74) is 1.23. The van der Waals surface area contributed by atoms with Crippen molar-refractivity contribution in [3.8, 4) is 0 Å². The molecule has 1 aliphatic rings. The van der Waals surface area contributed by atoms with Crippen LogP contribution < -0.4 is 0 Å². The summed E-state index contributed by atoms with van der Waals surface area (Å²) in [6.07, 6.45) is -0.112. The second-order valence-electron chi connectivity index (χ2n) is 3.81. The predicted molar refractivity (Wildman–Crippen MR) is 60.2 cm³/mol. The number of benzene rings is 1. The number of ether oxygens (including phenoxy) is 2. The number of halogens is 1. The first-order valence-corrected chi connectivity index (χ1v) is 5.72. The average Bonchev–Trinajstić information content (AvgIpc) is 2.78. The molecular formula is C12H15ClO2. The SMILES string of the molecule is C[C@H](c1ccccc1)[C@@H]1OC[C@H](CCl)O1. The van der Waals surface area contributed by atoms with Crippen LogP contribution in [0.15, 0.2) is 30.3 Å². The lowest BCUT2D eigenvalue weighted by molar-refractivity contribution is -0.0686. The van der Waals surface area contributed by atoms with E-state index in [1.165, 1.54) is 5.56 Å². The number of alkyl halides is 1. The van der Waals surface area contributed by atoms with Crippen LogP contribution in [0.4, 0.5) is 0 Å². The van der Waals surface area contributed by atoms with Gasteiger partial charge in [-0.2, -0.15) is 0 Å². The minimum absolute atomic E-state index is 0.0443. The van der Waals surface area contributed by atoms with Gasteiger partial charge in [-0.3, -0.25) is 0 Å². The van der Waals surface area contributed by atoms with Crippen molar-refractivity contribution in [3.63, 3.8) is 0 Å². The van der Waals surface area contributed by atoms with Crippen molar-refractivity contribution in [1.82, 2.24) is 0 Å². The molecule has 15 heavy (non-hydrogen) atoms. The molecule has 1 heterocycles. The molecule has 1 aromatic carbocycles. The van der Waals surface area contributed by atoms with E-state index in [2.05, 4.69) is 19.1 Å². The van der Waals surface area contributed by atoms with E-state index in [-0.39, 0.29) is 18.3 Å². The third-order valence-corrected chi connectivity index (χ3v) is 3.02. The van der Waals surface area contributed by atoms with Crippen LogP contribution >= 0.6 is 11.6 Å². The molecule has 0 radical (unpaired) electrons. The molecule has 0 unspecified atom stereocenters. The lowest BCUT2D eigenvalue weighted by Crippen LogP contribution is -2.19. The first-order valence-electron chi connectivity index (χ1n) is 5.19. The molecule has 82 valence electrons. The summed E-state index contributed by atoms with van der Waals surface area (Å²) in [5.74, 6) is 0.747. The van der Waals surface area contributed by atoms with E-state index in [0.29, 0.717) is 12.5 Å². The van der Waals surface area contributed by atoms with E-state index < -0.39 is 0 Å². The lowest BCUT2D eigenvalue weighted by Gasteiger charge is -2.18. The van der Waals surface area contributed by atoms with Gasteiger partial charge < -0.3 is 9.47 Å². The van der Waals surface area contributed by atoms with Gasteiger partial charge in [-0.15, -0.1) is 11.6 Å². The Kier molecular flexibility index (Phi) is 3.62. The minimum Gasteiger partial charge on any atom is -0.349 e. The molecule has 3 heteroatoms.